The number of anilines is 2. The Kier molecular flexibility index (Phi) is 6.19. The molecule has 0 heterocycles. The highest BCUT2D eigenvalue weighted by Crippen LogP contribution is 2.15. The van der Waals surface area contributed by atoms with Gasteiger partial charge in [-0.05, 0) is 61.4 Å². The summed E-state index contributed by atoms with van der Waals surface area (Å²) < 4.78 is 0. The monoisotopic (exact) mass is 386 g/mol. The third kappa shape index (κ3) is 5.17. The highest BCUT2D eigenvalue weighted by atomic mass is 16.2. The van der Waals surface area contributed by atoms with Crippen molar-refractivity contribution in [3.05, 3.63) is 95.1 Å². The van der Waals surface area contributed by atoms with E-state index in [0.717, 1.165) is 6.42 Å². The maximum absolute atomic E-state index is 12.6. The molecule has 0 spiro atoms. The van der Waals surface area contributed by atoms with Crippen LogP contribution in [0.2, 0.25) is 0 Å². The minimum atomic E-state index is -0.354. The van der Waals surface area contributed by atoms with Gasteiger partial charge in [-0.15, -0.1) is 0 Å². The molecule has 2 amide bonds. The minimum absolute atomic E-state index is 0.0771. The van der Waals surface area contributed by atoms with Crippen LogP contribution in [-0.2, 0) is 6.42 Å². The topological polar surface area (TPSA) is 75.3 Å². The molecule has 3 aromatic rings. The van der Waals surface area contributed by atoms with E-state index in [1.165, 1.54) is 12.5 Å². The number of amides is 2. The summed E-state index contributed by atoms with van der Waals surface area (Å²) in [5.74, 6) is -0.720. The van der Waals surface area contributed by atoms with Crippen molar-refractivity contribution in [2.24, 2.45) is 0 Å². The molecule has 0 atom stereocenters. The first kappa shape index (κ1) is 20.0. The Morgan fingerprint density at radius 3 is 1.83 bits per heavy atom. The zero-order valence-electron chi connectivity index (χ0n) is 16.4. The molecule has 0 aromatic heterocycles. The number of hydrogen-bond acceptors (Lipinski definition) is 3. The minimum Gasteiger partial charge on any atom is -0.322 e. The second-order valence-electron chi connectivity index (χ2n) is 6.68. The number of carbonyl (C=O) groups excluding carboxylic acids is 3. The number of benzene rings is 3. The normalized spacial score (nSPS) is 10.3. The molecule has 0 fully saturated rings. The summed E-state index contributed by atoms with van der Waals surface area (Å²) in [7, 11) is 0. The average Bonchev–Trinajstić information content (AvgIpc) is 2.74. The van der Waals surface area contributed by atoms with Gasteiger partial charge in [0.15, 0.2) is 5.78 Å². The fourth-order valence-electron chi connectivity index (χ4n) is 2.85. The molecular weight excluding hydrogens is 364 g/mol. The number of nitrogens with one attached hydrogen (secondary N) is 2. The van der Waals surface area contributed by atoms with Crippen LogP contribution in [0, 0.1) is 0 Å². The van der Waals surface area contributed by atoms with E-state index >= 15 is 0 Å². The van der Waals surface area contributed by atoms with Crippen LogP contribution in [0.25, 0.3) is 0 Å². The zero-order chi connectivity index (χ0) is 20.8. The van der Waals surface area contributed by atoms with Gasteiger partial charge < -0.3 is 10.6 Å². The molecule has 0 radical (unpaired) electrons. The Hall–Kier alpha value is -3.73. The molecule has 3 aromatic carbocycles. The van der Waals surface area contributed by atoms with E-state index in [2.05, 4.69) is 17.6 Å². The van der Waals surface area contributed by atoms with Crippen LogP contribution in [-0.4, -0.2) is 17.6 Å². The third-order valence-electron chi connectivity index (χ3n) is 4.53. The Bertz CT molecular complexity index is 1060. The quantitative estimate of drug-likeness (QED) is 0.588. The van der Waals surface area contributed by atoms with Crippen LogP contribution in [0.4, 0.5) is 11.4 Å². The molecule has 29 heavy (non-hydrogen) atoms. The smallest absolute Gasteiger partial charge is 0.255 e. The van der Waals surface area contributed by atoms with E-state index in [-0.39, 0.29) is 17.6 Å². The van der Waals surface area contributed by atoms with Gasteiger partial charge in [0, 0.05) is 28.1 Å². The van der Waals surface area contributed by atoms with E-state index in [9.17, 15) is 14.4 Å². The first-order chi connectivity index (χ1) is 14.0. The second-order valence-corrected chi connectivity index (χ2v) is 6.68. The van der Waals surface area contributed by atoms with Crippen LogP contribution < -0.4 is 10.6 Å². The van der Waals surface area contributed by atoms with Gasteiger partial charge in [0.1, 0.15) is 0 Å². The number of Topliss-reactive ketones (excluding diaryl/α,β-unsaturated/α-hetero) is 1. The molecule has 5 heteroatoms. The van der Waals surface area contributed by atoms with Gasteiger partial charge >= 0.3 is 0 Å². The summed E-state index contributed by atoms with van der Waals surface area (Å²) >= 11 is 0. The molecule has 0 saturated heterocycles. The zero-order valence-corrected chi connectivity index (χ0v) is 16.4. The fraction of sp³-hybridized carbons (Fsp3) is 0.125. The predicted molar refractivity (Wildman–Crippen MR) is 115 cm³/mol. The van der Waals surface area contributed by atoms with Crippen molar-refractivity contribution in [2.75, 3.05) is 10.6 Å². The van der Waals surface area contributed by atoms with Crippen molar-refractivity contribution in [3.63, 3.8) is 0 Å². The van der Waals surface area contributed by atoms with Crippen molar-refractivity contribution in [1.29, 1.82) is 0 Å². The molecule has 146 valence electrons. The van der Waals surface area contributed by atoms with E-state index in [1.807, 2.05) is 24.3 Å². The molecule has 0 unspecified atom stereocenters. The molecule has 0 aliphatic rings. The number of ketones is 1. The Morgan fingerprint density at radius 1 is 0.690 bits per heavy atom. The van der Waals surface area contributed by atoms with Gasteiger partial charge in [-0.2, -0.15) is 0 Å². The summed E-state index contributed by atoms with van der Waals surface area (Å²) in [5.41, 5.74) is 3.67. The molecule has 0 aliphatic carbocycles. The van der Waals surface area contributed by atoms with Crippen molar-refractivity contribution in [2.45, 2.75) is 20.3 Å². The predicted octanol–water partition coefficient (Wildman–Crippen LogP) is 4.96. The lowest BCUT2D eigenvalue weighted by atomic mass is 10.1. The van der Waals surface area contributed by atoms with E-state index in [1.54, 1.807) is 48.5 Å². The highest BCUT2D eigenvalue weighted by molar-refractivity contribution is 6.09. The van der Waals surface area contributed by atoms with Crippen LogP contribution in [0.5, 0.6) is 0 Å². The molecule has 0 aliphatic heterocycles. The summed E-state index contributed by atoms with van der Waals surface area (Å²) in [4.78, 5) is 36.6. The van der Waals surface area contributed by atoms with E-state index in [0.29, 0.717) is 28.1 Å². The highest BCUT2D eigenvalue weighted by Gasteiger charge is 2.12. The standard InChI is InChI=1S/C24H22N2O3/c1-3-17-10-12-21(13-11-17)25-23(28)19-7-4-8-20(14-19)24(29)26-22-9-5-6-18(15-22)16(2)27/h4-15H,3H2,1-2H3,(H,25,28)(H,26,29). The van der Waals surface area contributed by atoms with Crippen molar-refractivity contribution in [1.82, 2.24) is 0 Å². The number of carbonyl (C=O) groups is 3. The van der Waals surface area contributed by atoms with Gasteiger partial charge in [0.25, 0.3) is 11.8 Å². The summed E-state index contributed by atoms with van der Waals surface area (Å²) in [6, 6.07) is 20.9. The first-order valence-electron chi connectivity index (χ1n) is 9.39. The van der Waals surface area contributed by atoms with Crippen LogP contribution in [0.1, 0.15) is 50.5 Å². The maximum atomic E-state index is 12.6. The lowest BCUT2D eigenvalue weighted by Gasteiger charge is -2.09. The third-order valence-corrected chi connectivity index (χ3v) is 4.53. The summed E-state index contributed by atoms with van der Waals surface area (Å²) in [6.07, 6.45) is 0.931. The lowest BCUT2D eigenvalue weighted by Crippen LogP contribution is -2.15. The van der Waals surface area contributed by atoms with Crippen LogP contribution in [0.15, 0.2) is 72.8 Å². The molecule has 3 rings (SSSR count). The van der Waals surface area contributed by atoms with Gasteiger partial charge in [0.05, 0.1) is 0 Å². The van der Waals surface area contributed by atoms with Crippen LogP contribution in [0.3, 0.4) is 0 Å². The van der Waals surface area contributed by atoms with Crippen molar-refractivity contribution in [3.8, 4) is 0 Å². The molecule has 0 saturated carbocycles. The SMILES string of the molecule is CCc1ccc(NC(=O)c2cccc(C(=O)Nc3cccc(C(C)=O)c3)c2)cc1. The Labute approximate surface area is 169 Å². The van der Waals surface area contributed by atoms with Gasteiger partial charge in [-0.25, -0.2) is 0 Å². The number of rotatable bonds is 6. The van der Waals surface area contributed by atoms with Gasteiger partial charge in [-0.3, -0.25) is 14.4 Å². The molecular formula is C24H22N2O3. The van der Waals surface area contributed by atoms with E-state index in [4.69, 9.17) is 0 Å². The molecule has 5 nitrogen and oxygen atoms in total. The number of hydrogen-bond donors (Lipinski definition) is 2. The lowest BCUT2D eigenvalue weighted by molar-refractivity contribution is 0.100. The summed E-state index contributed by atoms with van der Waals surface area (Å²) in [5, 5.41) is 5.60. The fourth-order valence-corrected chi connectivity index (χ4v) is 2.85. The van der Waals surface area contributed by atoms with Gasteiger partial charge in [0.2, 0.25) is 0 Å². The first-order valence-corrected chi connectivity index (χ1v) is 9.39. The largest absolute Gasteiger partial charge is 0.322 e. The summed E-state index contributed by atoms with van der Waals surface area (Å²) in [6.45, 7) is 3.54. The average molecular weight is 386 g/mol. The number of aryl methyl sites for hydroxylation is 1. The van der Waals surface area contributed by atoms with Crippen molar-refractivity contribution < 1.29 is 14.4 Å². The second kappa shape index (κ2) is 8.97. The molecule has 2 N–H and O–H groups in total. The van der Waals surface area contributed by atoms with Gasteiger partial charge in [-0.1, -0.05) is 37.3 Å². The van der Waals surface area contributed by atoms with Crippen molar-refractivity contribution >= 4 is 29.0 Å². The van der Waals surface area contributed by atoms with Crippen LogP contribution >= 0.6 is 0 Å². The Morgan fingerprint density at radius 2 is 1.24 bits per heavy atom. The maximum Gasteiger partial charge on any atom is 0.255 e. The Balaban J connectivity index is 1.72. The van der Waals surface area contributed by atoms with E-state index < -0.39 is 0 Å². The molecule has 0 bridgehead atoms.